The molecular weight excluding hydrogens is 280 g/mol. The fourth-order valence-corrected chi connectivity index (χ4v) is 4.15. The Kier molecular flexibility index (Phi) is 7.14. The van der Waals surface area contributed by atoms with Gasteiger partial charge >= 0.3 is 0 Å². The molecule has 1 N–H and O–H groups in total. The Morgan fingerprint density at radius 1 is 1.19 bits per heavy atom. The molecule has 0 spiro atoms. The molecule has 120 valence electrons. The van der Waals surface area contributed by atoms with Crippen molar-refractivity contribution in [1.82, 2.24) is 10.3 Å². The number of hydrogen-bond donors (Lipinski definition) is 1. The van der Waals surface area contributed by atoms with Gasteiger partial charge in [-0.2, -0.15) is 0 Å². The third kappa shape index (κ3) is 5.35. The van der Waals surface area contributed by atoms with Crippen LogP contribution in [0.4, 0.5) is 0 Å². The third-order valence-corrected chi connectivity index (χ3v) is 5.46. The number of methoxy groups -OCH3 is 1. The van der Waals surface area contributed by atoms with E-state index < -0.39 is 0 Å². The molecule has 0 unspecified atom stereocenters. The Hall–Kier alpha value is -0.450. The molecule has 21 heavy (non-hydrogen) atoms. The van der Waals surface area contributed by atoms with Crippen molar-refractivity contribution >= 4 is 11.3 Å². The molecule has 0 radical (unpaired) electrons. The van der Waals surface area contributed by atoms with Crippen LogP contribution in [-0.4, -0.2) is 18.1 Å². The van der Waals surface area contributed by atoms with Crippen molar-refractivity contribution in [3.8, 4) is 0 Å². The van der Waals surface area contributed by atoms with Crippen molar-refractivity contribution < 1.29 is 4.74 Å². The third-order valence-electron chi connectivity index (χ3n) is 4.20. The summed E-state index contributed by atoms with van der Waals surface area (Å²) < 4.78 is 5.34. The number of nitrogens with zero attached hydrogens (tertiary/aromatic N) is 1. The second kappa shape index (κ2) is 8.86. The molecule has 1 saturated carbocycles. The molecule has 4 heteroatoms. The van der Waals surface area contributed by atoms with Crippen LogP contribution in [0.3, 0.4) is 0 Å². The summed E-state index contributed by atoms with van der Waals surface area (Å²) >= 11 is 1.91. The summed E-state index contributed by atoms with van der Waals surface area (Å²) in [6.07, 6.45) is 9.58. The summed E-state index contributed by atoms with van der Waals surface area (Å²) in [4.78, 5) is 6.29. The van der Waals surface area contributed by atoms with Crippen LogP contribution in [0.2, 0.25) is 0 Å². The standard InChI is InChI=1S/C17H30N2OS/c1-13(2)18-11-16-15(12-20-3)19-17(21-16)14-9-7-5-4-6-8-10-14/h13-14,18H,4-12H2,1-3H3. The van der Waals surface area contributed by atoms with Gasteiger partial charge in [0.25, 0.3) is 0 Å². The van der Waals surface area contributed by atoms with Crippen molar-refractivity contribution in [1.29, 1.82) is 0 Å². The van der Waals surface area contributed by atoms with E-state index in [0.717, 1.165) is 12.2 Å². The van der Waals surface area contributed by atoms with E-state index in [1.165, 1.54) is 54.8 Å². The minimum atomic E-state index is 0.507. The Labute approximate surface area is 133 Å². The summed E-state index contributed by atoms with van der Waals surface area (Å²) in [6, 6.07) is 0.507. The molecule has 0 aromatic carbocycles. The number of hydrogen-bond acceptors (Lipinski definition) is 4. The topological polar surface area (TPSA) is 34.1 Å². The minimum Gasteiger partial charge on any atom is -0.378 e. The van der Waals surface area contributed by atoms with Crippen molar-refractivity contribution in [2.75, 3.05) is 7.11 Å². The van der Waals surface area contributed by atoms with Gasteiger partial charge in [-0.25, -0.2) is 4.98 Å². The summed E-state index contributed by atoms with van der Waals surface area (Å²) in [7, 11) is 1.76. The first-order valence-electron chi connectivity index (χ1n) is 8.41. The summed E-state index contributed by atoms with van der Waals surface area (Å²) in [5.41, 5.74) is 1.15. The molecular formula is C17H30N2OS. The quantitative estimate of drug-likeness (QED) is 0.833. The average Bonchev–Trinajstić information content (AvgIpc) is 2.79. The van der Waals surface area contributed by atoms with Crippen LogP contribution >= 0.6 is 11.3 Å². The molecule has 1 aliphatic carbocycles. The number of ether oxygens (including phenoxy) is 1. The minimum absolute atomic E-state index is 0.507. The lowest BCUT2D eigenvalue weighted by molar-refractivity contribution is 0.181. The van der Waals surface area contributed by atoms with E-state index in [1.54, 1.807) is 7.11 Å². The first kappa shape index (κ1) is 16.9. The smallest absolute Gasteiger partial charge is 0.0963 e. The van der Waals surface area contributed by atoms with E-state index >= 15 is 0 Å². The first-order chi connectivity index (χ1) is 10.2. The van der Waals surface area contributed by atoms with Gasteiger partial charge in [0.2, 0.25) is 0 Å². The molecule has 1 fully saturated rings. The molecule has 3 nitrogen and oxygen atoms in total. The van der Waals surface area contributed by atoms with E-state index in [-0.39, 0.29) is 0 Å². The van der Waals surface area contributed by atoms with Gasteiger partial charge in [0.15, 0.2) is 0 Å². The highest BCUT2D eigenvalue weighted by atomic mass is 32.1. The lowest BCUT2D eigenvalue weighted by atomic mass is 9.92. The van der Waals surface area contributed by atoms with E-state index in [0.29, 0.717) is 18.6 Å². The van der Waals surface area contributed by atoms with E-state index in [1.807, 2.05) is 11.3 Å². The SMILES string of the molecule is COCc1nc(C2CCCCCCC2)sc1CNC(C)C. The molecule has 1 aromatic rings. The number of nitrogens with one attached hydrogen (secondary N) is 1. The predicted molar refractivity (Wildman–Crippen MR) is 89.9 cm³/mol. The highest BCUT2D eigenvalue weighted by Crippen LogP contribution is 2.34. The van der Waals surface area contributed by atoms with Gasteiger partial charge in [-0.15, -0.1) is 11.3 Å². The maximum absolute atomic E-state index is 5.34. The van der Waals surface area contributed by atoms with Crippen LogP contribution in [0.15, 0.2) is 0 Å². The van der Waals surface area contributed by atoms with Crippen molar-refractivity contribution in [3.63, 3.8) is 0 Å². The maximum atomic E-state index is 5.34. The van der Waals surface area contributed by atoms with Crippen molar-refractivity contribution in [3.05, 3.63) is 15.6 Å². The van der Waals surface area contributed by atoms with Gasteiger partial charge in [-0.1, -0.05) is 46.0 Å². The Morgan fingerprint density at radius 2 is 1.86 bits per heavy atom. The second-order valence-corrected chi connectivity index (χ2v) is 7.55. The Balaban J connectivity index is 2.08. The molecule has 0 aliphatic heterocycles. The molecule has 0 bridgehead atoms. The summed E-state index contributed by atoms with van der Waals surface area (Å²) in [6.45, 7) is 5.93. The molecule has 1 aliphatic rings. The van der Waals surface area contributed by atoms with E-state index in [4.69, 9.17) is 9.72 Å². The largest absolute Gasteiger partial charge is 0.378 e. The monoisotopic (exact) mass is 310 g/mol. The van der Waals surface area contributed by atoms with Gasteiger partial charge in [-0.05, 0) is 12.8 Å². The van der Waals surface area contributed by atoms with Gasteiger partial charge in [0, 0.05) is 30.5 Å². The zero-order chi connectivity index (χ0) is 15.1. The van der Waals surface area contributed by atoms with Crippen LogP contribution in [0.1, 0.15) is 80.3 Å². The highest BCUT2D eigenvalue weighted by Gasteiger charge is 2.20. The van der Waals surface area contributed by atoms with E-state index in [2.05, 4.69) is 19.2 Å². The number of aromatic nitrogens is 1. The molecule has 2 rings (SSSR count). The summed E-state index contributed by atoms with van der Waals surface area (Å²) in [5, 5.41) is 4.87. The van der Waals surface area contributed by atoms with Crippen LogP contribution in [-0.2, 0) is 17.9 Å². The van der Waals surface area contributed by atoms with Gasteiger partial charge in [0.1, 0.15) is 0 Å². The second-order valence-electron chi connectivity index (χ2n) is 6.43. The van der Waals surface area contributed by atoms with Crippen molar-refractivity contribution in [2.24, 2.45) is 0 Å². The van der Waals surface area contributed by atoms with Gasteiger partial charge in [-0.3, -0.25) is 0 Å². The van der Waals surface area contributed by atoms with Crippen LogP contribution in [0.5, 0.6) is 0 Å². The van der Waals surface area contributed by atoms with Gasteiger partial charge in [0.05, 0.1) is 17.3 Å². The Morgan fingerprint density at radius 3 is 2.48 bits per heavy atom. The predicted octanol–water partition coefficient (Wildman–Crippen LogP) is 4.62. The lowest BCUT2D eigenvalue weighted by Crippen LogP contribution is -2.21. The number of rotatable bonds is 6. The lowest BCUT2D eigenvalue weighted by Gasteiger charge is -2.17. The zero-order valence-corrected chi connectivity index (χ0v) is 14.6. The van der Waals surface area contributed by atoms with Crippen LogP contribution < -0.4 is 5.32 Å². The summed E-state index contributed by atoms with van der Waals surface area (Å²) in [5.74, 6) is 0.679. The van der Waals surface area contributed by atoms with E-state index in [9.17, 15) is 0 Å². The first-order valence-corrected chi connectivity index (χ1v) is 9.23. The molecule has 1 aromatic heterocycles. The number of thiazole rings is 1. The van der Waals surface area contributed by atoms with Gasteiger partial charge < -0.3 is 10.1 Å². The molecule has 1 heterocycles. The molecule has 0 amide bonds. The molecule has 0 saturated heterocycles. The fourth-order valence-electron chi connectivity index (χ4n) is 2.97. The molecule has 0 atom stereocenters. The zero-order valence-electron chi connectivity index (χ0n) is 13.8. The van der Waals surface area contributed by atoms with Crippen molar-refractivity contribution in [2.45, 2.75) is 83.9 Å². The Bertz CT molecular complexity index is 409. The van der Waals surface area contributed by atoms with Crippen LogP contribution in [0, 0.1) is 0 Å². The highest BCUT2D eigenvalue weighted by molar-refractivity contribution is 7.11. The maximum Gasteiger partial charge on any atom is 0.0963 e. The van der Waals surface area contributed by atoms with Crippen LogP contribution in [0.25, 0.3) is 0 Å². The normalized spacial score (nSPS) is 17.9. The average molecular weight is 311 g/mol. The fraction of sp³-hybridized carbons (Fsp3) is 0.824.